The van der Waals surface area contributed by atoms with Gasteiger partial charge in [0.2, 0.25) is 5.88 Å². The zero-order valence-electron chi connectivity index (χ0n) is 11.1. The minimum absolute atomic E-state index is 0.440. The van der Waals surface area contributed by atoms with Gasteiger partial charge in [-0.3, -0.25) is 0 Å². The first-order chi connectivity index (χ1) is 9.31. The molecule has 5 nitrogen and oxygen atoms in total. The fourth-order valence-electron chi connectivity index (χ4n) is 1.65. The van der Waals surface area contributed by atoms with E-state index < -0.39 is 0 Å². The second kappa shape index (κ2) is 6.58. The van der Waals surface area contributed by atoms with Crippen LogP contribution in [0.5, 0.6) is 11.6 Å². The van der Waals surface area contributed by atoms with E-state index in [9.17, 15) is 0 Å². The monoisotopic (exact) mass is 259 g/mol. The highest BCUT2D eigenvalue weighted by Crippen LogP contribution is 2.19. The Morgan fingerprint density at radius 3 is 2.53 bits per heavy atom. The van der Waals surface area contributed by atoms with E-state index >= 15 is 0 Å². The SMILES string of the molecule is CNc1ncnc(OCCOc2ccccc2)c1C. The summed E-state index contributed by atoms with van der Waals surface area (Å²) in [6.45, 7) is 2.83. The molecule has 0 bridgehead atoms. The van der Waals surface area contributed by atoms with Crippen LogP contribution in [0.15, 0.2) is 36.7 Å². The Morgan fingerprint density at radius 1 is 1.05 bits per heavy atom. The number of hydrogen-bond acceptors (Lipinski definition) is 5. The van der Waals surface area contributed by atoms with Gasteiger partial charge in [-0.2, -0.15) is 0 Å². The molecule has 19 heavy (non-hydrogen) atoms. The van der Waals surface area contributed by atoms with E-state index in [1.165, 1.54) is 6.33 Å². The van der Waals surface area contributed by atoms with Crippen molar-refractivity contribution in [3.8, 4) is 11.6 Å². The molecule has 2 rings (SSSR count). The highest BCUT2D eigenvalue weighted by atomic mass is 16.5. The minimum Gasteiger partial charge on any atom is -0.490 e. The number of para-hydroxylation sites is 1. The lowest BCUT2D eigenvalue weighted by Gasteiger charge is -2.11. The maximum atomic E-state index is 5.58. The molecule has 0 fully saturated rings. The molecule has 0 aliphatic heterocycles. The molecule has 0 spiro atoms. The van der Waals surface area contributed by atoms with Crippen LogP contribution in [0.4, 0.5) is 5.82 Å². The van der Waals surface area contributed by atoms with Crippen molar-refractivity contribution in [3.05, 3.63) is 42.2 Å². The zero-order chi connectivity index (χ0) is 13.5. The molecule has 0 saturated heterocycles. The highest BCUT2D eigenvalue weighted by molar-refractivity contribution is 5.46. The molecule has 1 aromatic carbocycles. The summed E-state index contributed by atoms with van der Waals surface area (Å²) >= 11 is 0. The lowest BCUT2D eigenvalue weighted by atomic mass is 10.3. The summed E-state index contributed by atoms with van der Waals surface area (Å²) in [5.74, 6) is 2.19. The number of ether oxygens (including phenoxy) is 2. The average molecular weight is 259 g/mol. The molecule has 100 valence electrons. The average Bonchev–Trinajstić information content (AvgIpc) is 2.46. The maximum absolute atomic E-state index is 5.58. The Labute approximate surface area is 112 Å². The third-order valence-electron chi connectivity index (χ3n) is 2.61. The Bertz CT molecular complexity index is 517. The van der Waals surface area contributed by atoms with E-state index in [1.807, 2.05) is 44.3 Å². The molecule has 0 radical (unpaired) electrons. The largest absolute Gasteiger partial charge is 0.490 e. The molecule has 1 aromatic heterocycles. The standard InChI is InChI=1S/C14H17N3O2/c1-11-13(15-2)16-10-17-14(11)19-9-8-18-12-6-4-3-5-7-12/h3-7,10H,8-9H2,1-2H3,(H,15,16,17). The third kappa shape index (κ3) is 3.58. The molecule has 0 amide bonds. The molecular weight excluding hydrogens is 242 g/mol. The van der Waals surface area contributed by atoms with Crippen LogP contribution in [0, 0.1) is 6.92 Å². The number of aromatic nitrogens is 2. The molecule has 0 unspecified atom stereocenters. The topological polar surface area (TPSA) is 56.3 Å². The Hall–Kier alpha value is -2.30. The summed E-state index contributed by atoms with van der Waals surface area (Å²) in [7, 11) is 1.82. The number of benzene rings is 1. The first-order valence-electron chi connectivity index (χ1n) is 6.11. The van der Waals surface area contributed by atoms with Gasteiger partial charge in [0.1, 0.15) is 31.1 Å². The molecule has 1 N–H and O–H groups in total. The van der Waals surface area contributed by atoms with Gasteiger partial charge >= 0.3 is 0 Å². The van der Waals surface area contributed by atoms with Crippen LogP contribution in [-0.4, -0.2) is 30.2 Å². The molecule has 0 aliphatic rings. The van der Waals surface area contributed by atoms with Crippen molar-refractivity contribution in [2.75, 3.05) is 25.6 Å². The van der Waals surface area contributed by atoms with Crippen LogP contribution in [0.1, 0.15) is 5.56 Å². The molecule has 5 heteroatoms. The lowest BCUT2D eigenvalue weighted by Crippen LogP contribution is -2.11. The lowest BCUT2D eigenvalue weighted by molar-refractivity contribution is 0.211. The van der Waals surface area contributed by atoms with Crippen molar-refractivity contribution in [3.63, 3.8) is 0 Å². The van der Waals surface area contributed by atoms with Gasteiger partial charge in [-0.1, -0.05) is 18.2 Å². The van der Waals surface area contributed by atoms with Crippen molar-refractivity contribution < 1.29 is 9.47 Å². The normalized spacial score (nSPS) is 10.0. The predicted molar refractivity (Wildman–Crippen MR) is 73.7 cm³/mol. The van der Waals surface area contributed by atoms with E-state index in [0.29, 0.717) is 19.1 Å². The first-order valence-corrected chi connectivity index (χ1v) is 6.11. The van der Waals surface area contributed by atoms with Gasteiger partial charge in [0, 0.05) is 7.05 Å². The van der Waals surface area contributed by atoms with Gasteiger partial charge in [-0.15, -0.1) is 0 Å². The fraction of sp³-hybridized carbons (Fsp3) is 0.286. The highest BCUT2D eigenvalue weighted by Gasteiger charge is 2.06. The second-order valence-corrected chi connectivity index (χ2v) is 3.91. The summed E-state index contributed by atoms with van der Waals surface area (Å²) in [6.07, 6.45) is 1.48. The third-order valence-corrected chi connectivity index (χ3v) is 2.61. The van der Waals surface area contributed by atoms with Gasteiger partial charge in [0.05, 0.1) is 5.56 Å². The Morgan fingerprint density at radius 2 is 1.79 bits per heavy atom. The molecule has 0 aliphatic carbocycles. The van der Waals surface area contributed by atoms with Crippen LogP contribution in [0.3, 0.4) is 0 Å². The Balaban J connectivity index is 1.83. The number of hydrogen-bond donors (Lipinski definition) is 1. The summed E-state index contributed by atoms with van der Waals surface area (Å²) in [4.78, 5) is 8.20. The zero-order valence-corrected chi connectivity index (χ0v) is 11.1. The smallest absolute Gasteiger partial charge is 0.221 e. The Kier molecular flexibility index (Phi) is 4.55. The van der Waals surface area contributed by atoms with Crippen molar-refractivity contribution in [2.24, 2.45) is 0 Å². The van der Waals surface area contributed by atoms with Crippen molar-refractivity contribution >= 4 is 5.82 Å². The summed E-state index contributed by atoms with van der Waals surface area (Å²) in [5, 5.41) is 2.99. The quantitative estimate of drug-likeness (QED) is 0.807. The molecule has 0 saturated carbocycles. The van der Waals surface area contributed by atoms with Crippen molar-refractivity contribution in [2.45, 2.75) is 6.92 Å². The number of anilines is 1. The van der Waals surface area contributed by atoms with Crippen LogP contribution < -0.4 is 14.8 Å². The van der Waals surface area contributed by atoms with Gasteiger partial charge in [0.15, 0.2) is 0 Å². The number of rotatable bonds is 6. The van der Waals surface area contributed by atoms with Crippen LogP contribution in [0.2, 0.25) is 0 Å². The van der Waals surface area contributed by atoms with E-state index in [0.717, 1.165) is 17.1 Å². The van der Waals surface area contributed by atoms with Crippen molar-refractivity contribution in [1.82, 2.24) is 9.97 Å². The van der Waals surface area contributed by atoms with E-state index in [2.05, 4.69) is 15.3 Å². The number of nitrogens with one attached hydrogen (secondary N) is 1. The maximum Gasteiger partial charge on any atom is 0.221 e. The summed E-state index contributed by atoms with van der Waals surface area (Å²) in [6, 6.07) is 9.64. The van der Waals surface area contributed by atoms with E-state index in [4.69, 9.17) is 9.47 Å². The molecule has 1 heterocycles. The van der Waals surface area contributed by atoms with Crippen molar-refractivity contribution in [1.29, 1.82) is 0 Å². The van der Waals surface area contributed by atoms with E-state index in [1.54, 1.807) is 0 Å². The summed E-state index contributed by atoms with van der Waals surface area (Å²) < 4.78 is 11.1. The van der Waals surface area contributed by atoms with Crippen LogP contribution >= 0.6 is 0 Å². The molecule has 0 atom stereocenters. The van der Waals surface area contributed by atoms with Gasteiger partial charge in [0.25, 0.3) is 0 Å². The predicted octanol–water partition coefficient (Wildman–Crippen LogP) is 2.28. The number of nitrogens with zero attached hydrogens (tertiary/aromatic N) is 2. The summed E-state index contributed by atoms with van der Waals surface area (Å²) in [5.41, 5.74) is 0.893. The van der Waals surface area contributed by atoms with Gasteiger partial charge in [-0.25, -0.2) is 9.97 Å². The molecular formula is C14H17N3O2. The van der Waals surface area contributed by atoms with Crippen LogP contribution in [-0.2, 0) is 0 Å². The second-order valence-electron chi connectivity index (χ2n) is 3.91. The van der Waals surface area contributed by atoms with Gasteiger partial charge < -0.3 is 14.8 Å². The van der Waals surface area contributed by atoms with Crippen LogP contribution in [0.25, 0.3) is 0 Å². The van der Waals surface area contributed by atoms with Gasteiger partial charge in [-0.05, 0) is 19.1 Å². The first kappa shape index (κ1) is 13.1. The minimum atomic E-state index is 0.440. The fourth-order valence-corrected chi connectivity index (χ4v) is 1.65. The molecule has 2 aromatic rings. The van der Waals surface area contributed by atoms with E-state index in [-0.39, 0.29) is 0 Å².